The van der Waals surface area contributed by atoms with Gasteiger partial charge < -0.3 is 4.74 Å². The number of benzene rings is 2. The maximum absolute atomic E-state index is 12.3. The first-order valence-electron chi connectivity index (χ1n) is 10.2. The number of esters is 1. The van der Waals surface area contributed by atoms with Crippen LogP contribution in [0, 0.1) is 11.8 Å². The van der Waals surface area contributed by atoms with Gasteiger partial charge in [-0.2, -0.15) is 0 Å². The molecule has 3 atom stereocenters. The Bertz CT molecular complexity index is 846. The standard InChI is InChI=1S/C24H31N3O2/c1-5-18(2)15-24(16-19(3)23(28)29-4,21-11-7-6-8-12-21)22-13-9-10-20(14-22)17-26-27-25/h6-14,18-19H,5,15-17H2,1-4H3. The molecule has 0 aromatic heterocycles. The average molecular weight is 394 g/mol. The van der Waals surface area contributed by atoms with E-state index in [1.165, 1.54) is 12.7 Å². The van der Waals surface area contributed by atoms with E-state index in [9.17, 15) is 4.79 Å². The second-order valence-corrected chi connectivity index (χ2v) is 7.88. The van der Waals surface area contributed by atoms with Crippen molar-refractivity contribution in [2.45, 2.75) is 52.0 Å². The summed E-state index contributed by atoms with van der Waals surface area (Å²) in [6.45, 7) is 6.70. The molecule has 0 fully saturated rings. The Morgan fingerprint density at radius 3 is 2.41 bits per heavy atom. The van der Waals surface area contributed by atoms with Crippen LogP contribution < -0.4 is 0 Å². The van der Waals surface area contributed by atoms with Crippen molar-refractivity contribution >= 4 is 5.97 Å². The van der Waals surface area contributed by atoms with Crippen LogP contribution >= 0.6 is 0 Å². The molecule has 5 nitrogen and oxygen atoms in total. The molecule has 0 N–H and O–H groups in total. The van der Waals surface area contributed by atoms with Crippen molar-refractivity contribution in [3.8, 4) is 0 Å². The molecule has 3 unspecified atom stereocenters. The van der Waals surface area contributed by atoms with Gasteiger partial charge in [-0.1, -0.05) is 86.9 Å². The van der Waals surface area contributed by atoms with Gasteiger partial charge in [0.1, 0.15) is 0 Å². The highest BCUT2D eigenvalue weighted by Gasteiger charge is 2.38. The molecule has 0 spiro atoms. The molecule has 0 aliphatic rings. The number of nitrogens with zero attached hydrogens (tertiary/aromatic N) is 3. The second-order valence-electron chi connectivity index (χ2n) is 7.88. The van der Waals surface area contributed by atoms with Crippen LogP contribution in [0.4, 0.5) is 0 Å². The average Bonchev–Trinajstić information content (AvgIpc) is 2.77. The Morgan fingerprint density at radius 2 is 1.79 bits per heavy atom. The van der Waals surface area contributed by atoms with Crippen LogP contribution in [0.3, 0.4) is 0 Å². The summed E-state index contributed by atoms with van der Waals surface area (Å²) in [5, 5.41) is 3.72. The van der Waals surface area contributed by atoms with E-state index >= 15 is 0 Å². The summed E-state index contributed by atoms with van der Waals surface area (Å²) < 4.78 is 5.04. The molecule has 2 rings (SSSR count). The highest BCUT2D eigenvalue weighted by Crippen LogP contribution is 2.44. The summed E-state index contributed by atoms with van der Waals surface area (Å²) in [4.78, 5) is 15.2. The monoisotopic (exact) mass is 393 g/mol. The number of azide groups is 1. The van der Waals surface area contributed by atoms with E-state index in [-0.39, 0.29) is 17.3 Å². The molecule has 0 aliphatic heterocycles. The maximum Gasteiger partial charge on any atom is 0.308 e. The number of hydrogen-bond acceptors (Lipinski definition) is 3. The Balaban J connectivity index is 2.66. The first kappa shape index (κ1) is 22.5. The molecule has 0 amide bonds. The zero-order valence-electron chi connectivity index (χ0n) is 17.8. The number of ether oxygens (including phenoxy) is 1. The minimum absolute atomic E-state index is 0.195. The fourth-order valence-electron chi connectivity index (χ4n) is 4.11. The number of carbonyl (C=O) groups is 1. The minimum Gasteiger partial charge on any atom is -0.469 e. The van der Waals surface area contributed by atoms with Gasteiger partial charge in [0, 0.05) is 10.3 Å². The van der Waals surface area contributed by atoms with E-state index in [4.69, 9.17) is 10.3 Å². The van der Waals surface area contributed by atoms with Crippen molar-refractivity contribution in [2.24, 2.45) is 17.0 Å². The number of hydrogen-bond donors (Lipinski definition) is 0. The molecular weight excluding hydrogens is 362 g/mol. The predicted octanol–water partition coefficient (Wildman–Crippen LogP) is 6.42. The van der Waals surface area contributed by atoms with Crippen molar-refractivity contribution < 1.29 is 9.53 Å². The molecule has 0 radical (unpaired) electrons. The summed E-state index contributed by atoms with van der Waals surface area (Å²) in [5.74, 6) is 0.0329. The highest BCUT2D eigenvalue weighted by molar-refractivity contribution is 5.72. The van der Waals surface area contributed by atoms with Crippen LogP contribution in [0.25, 0.3) is 10.4 Å². The Morgan fingerprint density at radius 1 is 1.10 bits per heavy atom. The lowest BCUT2D eigenvalue weighted by Crippen LogP contribution is -2.34. The van der Waals surface area contributed by atoms with E-state index in [1.807, 2.05) is 37.3 Å². The van der Waals surface area contributed by atoms with Gasteiger partial charge in [0.25, 0.3) is 0 Å². The third kappa shape index (κ3) is 5.61. The molecule has 0 saturated heterocycles. The summed E-state index contributed by atoms with van der Waals surface area (Å²) >= 11 is 0. The first-order valence-corrected chi connectivity index (χ1v) is 10.2. The van der Waals surface area contributed by atoms with Crippen molar-refractivity contribution in [3.63, 3.8) is 0 Å². The van der Waals surface area contributed by atoms with Crippen LogP contribution in [0.5, 0.6) is 0 Å². The molecule has 29 heavy (non-hydrogen) atoms. The molecule has 0 bridgehead atoms. The van der Waals surface area contributed by atoms with E-state index in [0.29, 0.717) is 18.9 Å². The van der Waals surface area contributed by atoms with E-state index < -0.39 is 0 Å². The van der Waals surface area contributed by atoms with Crippen molar-refractivity contribution in [1.82, 2.24) is 0 Å². The van der Waals surface area contributed by atoms with Gasteiger partial charge in [-0.25, -0.2) is 0 Å². The van der Waals surface area contributed by atoms with Crippen LogP contribution in [0.1, 0.15) is 56.7 Å². The van der Waals surface area contributed by atoms with Crippen LogP contribution in [0.2, 0.25) is 0 Å². The van der Waals surface area contributed by atoms with E-state index in [1.54, 1.807) is 0 Å². The number of rotatable bonds is 10. The van der Waals surface area contributed by atoms with Gasteiger partial charge in [-0.3, -0.25) is 4.79 Å². The molecule has 2 aromatic rings. The molecule has 2 aromatic carbocycles. The third-order valence-corrected chi connectivity index (χ3v) is 5.77. The normalized spacial score (nSPS) is 14.9. The number of methoxy groups -OCH3 is 1. The Labute approximate surface area is 173 Å². The zero-order chi connectivity index (χ0) is 21.3. The van der Waals surface area contributed by atoms with Gasteiger partial charge in [-0.15, -0.1) is 0 Å². The van der Waals surface area contributed by atoms with Crippen molar-refractivity contribution in [3.05, 3.63) is 81.7 Å². The number of carbonyl (C=O) groups excluding carboxylic acids is 1. The van der Waals surface area contributed by atoms with Gasteiger partial charge in [0.05, 0.1) is 19.6 Å². The van der Waals surface area contributed by atoms with E-state index in [2.05, 4.69) is 48.1 Å². The van der Waals surface area contributed by atoms with Gasteiger partial charge >= 0.3 is 5.97 Å². The molecule has 0 saturated carbocycles. The summed E-state index contributed by atoms with van der Waals surface area (Å²) in [7, 11) is 1.44. The minimum atomic E-state index is -0.337. The quantitative estimate of drug-likeness (QED) is 0.202. The summed E-state index contributed by atoms with van der Waals surface area (Å²) in [6.07, 6.45) is 2.62. The second kappa shape index (κ2) is 10.7. The molecule has 5 heteroatoms. The largest absolute Gasteiger partial charge is 0.469 e. The SMILES string of the molecule is CCC(C)CC(CC(C)C(=O)OC)(c1ccccc1)c1cccc(CN=[N+]=[N-])c1. The fourth-order valence-corrected chi connectivity index (χ4v) is 4.11. The van der Waals surface area contributed by atoms with Crippen LogP contribution in [-0.4, -0.2) is 13.1 Å². The Kier molecular flexibility index (Phi) is 8.29. The smallest absolute Gasteiger partial charge is 0.308 e. The molecule has 0 heterocycles. The molecular formula is C24H31N3O2. The van der Waals surface area contributed by atoms with Crippen LogP contribution in [-0.2, 0) is 21.5 Å². The van der Waals surface area contributed by atoms with Crippen LogP contribution in [0.15, 0.2) is 59.7 Å². The lowest BCUT2D eigenvalue weighted by atomic mass is 9.64. The maximum atomic E-state index is 12.3. The molecule has 154 valence electrons. The van der Waals surface area contributed by atoms with Gasteiger partial charge in [-0.05, 0) is 41.0 Å². The van der Waals surface area contributed by atoms with Gasteiger partial charge in [0.2, 0.25) is 0 Å². The third-order valence-electron chi connectivity index (χ3n) is 5.77. The van der Waals surface area contributed by atoms with Gasteiger partial charge in [0.15, 0.2) is 0 Å². The molecule has 0 aliphatic carbocycles. The highest BCUT2D eigenvalue weighted by atomic mass is 16.5. The van der Waals surface area contributed by atoms with Crippen molar-refractivity contribution in [2.75, 3.05) is 7.11 Å². The Hall–Kier alpha value is -2.78. The lowest BCUT2D eigenvalue weighted by Gasteiger charge is -2.39. The van der Waals surface area contributed by atoms with Crippen molar-refractivity contribution in [1.29, 1.82) is 0 Å². The topological polar surface area (TPSA) is 75.1 Å². The summed E-state index contributed by atoms with van der Waals surface area (Å²) in [6, 6.07) is 18.6. The zero-order valence-corrected chi connectivity index (χ0v) is 17.8. The summed E-state index contributed by atoms with van der Waals surface area (Å²) in [5.41, 5.74) is 11.7. The fraction of sp³-hybridized carbons (Fsp3) is 0.458. The first-order chi connectivity index (χ1) is 14.0. The predicted molar refractivity (Wildman–Crippen MR) is 116 cm³/mol. The lowest BCUT2D eigenvalue weighted by molar-refractivity contribution is -0.145. The van der Waals surface area contributed by atoms with E-state index in [0.717, 1.165) is 24.0 Å².